The summed E-state index contributed by atoms with van der Waals surface area (Å²) in [6, 6.07) is 5.90. The van der Waals surface area contributed by atoms with Crippen LogP contribution >= 0.6 is 27.5 Å². The fraction of sp³-hybridized carbons (Fsp3) is 0.533. The molecule has 1 heterocycles. The summed E-state index contributed by atoms with van der Waals surface area (Å²) in [4.78, 5) is 14.6. The zero-order valence-electron chi connectivity index (χ0n) is 11.8. The van der Waals surface area contributed by atoms with Crippen LogP contribution in [0.25, 0.3) is 0 Å². The monoisotopic (exact) mass is 358 g/mol. The molecule has 0 aromatic heterocycles. The minimum absolute atomic E-state index is 0.0979. The number of rotatable bonds is 4. The minimum Gasteiger partial charge on any atom is -0.352 e. The van der Waals surface area contributed by atoms with Crippen molar-refractivity contribution >= 4 is 33.4 Å². The molecule has 1 saturated heterocycles. The molecule has 2 rings (SSSR count). The van der Waals surface area contributed by atoms with E-state index in [4.69, 9.17) is 11.6 Å². The summed E-state index contributed by atoms with van der Waals surface area (Å²) < 4.78 is 0.860. The van der Waals surface area contributed by atoms with Crippen molar-refractivity contribution in [2.24, 2.45) is 5.92 Å². The lowest BCUT2D eigenvalue weighted by Crippen LogP contribution is -2.33. The van der Waals surface area contributed by atoms with Gasteiger partial charge in [-0.15, -0.1) is 0 Å². The number of likely N-dealkylation sites (tertiary alicyclic amines) is 1. The van der Waals surface area contributed by atoms with Crippen LogP contribution in [0.4, 0.5) is 0 Å². The highest BCUT2D eigenvalue weighted by atomic mass is 79.9. The van der Waals surface area contributed by atoms with Gasteiger partial charge in [-0.05, 0) is 50.9 Å². The first-order valence-corrected chi connectivity index (χ1v) is 8.11. The molecule has 1 N–H and O–H groups in total. The Labute approximate surface area is 133 Å². The summed E-state index contributed by atoms with van der Waals surface area (Å²) in [7, 11) is 0. The Kier molecular flexibility index (Phi) is 5.47. The summed E-state index contributed by atoms with van der Waals surface area (Å²) in [5.74, 6) is 0.437. The van der Waals surface area contributed by atoms with Crippen molar-refractivity contribution in [2.45, 2.75) is 26.3 Å². The first-order valence-electron chi connectivity index (χ1n) is 6.94. The summed E-state index contributed by atoms with van der Waals surface area (Å²) >= 11 is 9.42. The molecular weight excluding hydrogens is 340 g/mol. The Morgan fingerprint density at radius 2 is 2.30 bits per heavy atom. The molecule has 1 aliphatic rings. The number of nitrogens with one attached hydrogen (secondary N) is 1. The van der Waals surface area contributed by atoms with E-state index in [0.717, 1.165) is 24.0 Å². The van der Waals surface area contributed by atoms with Gasteiger partial charge in [-0.2, -0.15) is 0 Å². The van der Waals surface area contributed by atoms with Crippen LogP contribution in [0.5, 0.6) is 0 Å². The molecule has 0 saturated carbocycles. The highest BCUT2D eigenvalue weighted by Crippen LogP contribution is 2.21. The van der Waals surface area contributed by atoms with Gasteiger partial charge in [-0.3, -0.25) is 4.79 Å². The Balaban J connectivity index is 1.88. The fourth-order valence-corrected chi connectivity index (χ4v) is 3.07. The van der Waals surface area contributed by atoms with Crippen molar-refractivity contribution in [1.29, 1.82) is 0 Å². The molecule has 3 nitrogen and oxygen atoms in total. The Morgan fingerprint density at radius 1 is 1.55 bits per heavy atom. The van der Waals surface area contributed by atoms with Gasteiger partial charge in [-0.25, -0.2) is 0 Å². The molecule has 1 fully saturated rings. The van der Waals surface area contributed by atoms with Crippen LogP contribution in [-0.2, 0) is 0 Å². The third-order valence-electron chi connectivity index (χ3n) is 3.77. The first kappa shape index (κ1) is 15.8. The smallest absolute Gasteiger partial charge is 0.252 e. The van der Waals surface area contributed by atoms with Crippen molar-refractivity contribution in [3.63, 3.8) is 0 Å². The zero-order chi connectivity index (χ0) is 14.7. The predicted molar refractivity (Wildman–Crippen MR) is 86.3 cm³/mol. The van der Waals surface area contributed by atoms with Crippen LogP contribution in [0.15, 0.2) is 22.7 Å². The van der Waals surface area contributed by atoms with Gasteiger partial charge in [0.2, 0.25) is 0 Å². The van der Waals surface area contributed by atoms with Crippen LogP contribution in [0, 0.1) is 5.92 Å². The SMILES string of the molecule is CC(C)N1CCC(CNC(=O)c2cc(Br)ccc2Cl)C1. The maximum Gasteiger partial charge on any atom is 0.252 e. The van der Waals surface area contributed by atoms with E-state index in [2.05, 4.69) is 40.0 Å². The Morgan fingerprint density at radius 3 is 2.95 bits per heavy atom. The maximum absolute atomic E-state index is 12.2. The molecule has 1 aromatic carbocycles. The van der Waals surface area contributed by atoms with Crippen molar-refractivity contribution in [3.8, 4) is 0 Å². The number of carbonyl (C=O) groups excluding carboxylic acids is 1. The molecule has 0 aliphatic carbocycles. The second-order valence-corrected chi connectivity index (χ2v) is 6.90. The minimum atomic E-state index is -0.0979. The number of benzene rings is 1. The summed E-state index contributed by atoms with van der Waals surface area (Å²) in [6.07, 6.45) is 1.14. The zero-order valence-corrected chi connectivity index (χ0v) is 14.2. The number of halogens is 2. The van der Waals surface area contributed by atoms with Crippen molar-refractivity contribution < 1.29 is 4.79 Å². The molecule has 0 bridgehead atoms. The van der Waals surface area contributed by atoms with E-state index in [1.54, 1.807) is 12.1 Å². The van der Waals surface area contributed by atoms with Crippen LogP contribution in [0.3, 0.4) is 0 Å². The fourth-order valence-electron chi connectivity index (χ4n) is 2.50. The van der Waals surface area contributed by atoms with Crippen molar-refractivity contribution in [3.05, 3.63) is 33.3 Å². The number of nitrogens with zero attached hydrogens (tertiary/aromatic N) is 1. The molecule has 1 aliphatic heterocycles. The normalized spacial score (nSPS) is 19.6. The molecule has 1 aromatic rings. The van der Waals surface area contributed by atoms with Gasteiger partial charge in [-0.1, -0.05) is 27.5 Å². The molecule has 20 heavy (non-hydrogen) atoms. The van der Waals surface area contributed by atoms with Gasteiger partial charge >= 0.3 is 0 Å². The standard InChI is InChI=1S/C15H20BrClN2O/c1-10(2)19-6-5-11(9-19)8-18-15(20)13-7-12(16)3-4-14(13)17/h3-4,7,10-11H,5-6,8-9H2,1-2H3,(H,18,20). The van der Waals surface area contributed by atoms with E-state index in [1.807, 2.05) is 6.07 Å². The molecule has 0 spiro atoms. The van der Waals surface area contributed by atoms with Gasteiger partial charge in [0.25, 0.3) is 5.91 Å². The number of hydrogen-bond acceptors (Lipinski definition) is 2. The van der Waals surface area contributed by atoms with E-state index in [1.165, 1.54) is 0 Å². The van der Waals surface area contributed by atoms with Gasteiger partial charge < -0.3 is 10.2 Å². The van der Waals surface area contributed by atoms with Crippen LogP contribution in [-0.4, -0.2) is 36.5 Å². The topological polar surface area (TPSA) is 32.3 Å². The Bertz CT molecular complexity index is 493. The summed E-state index contributed by atoms with van der Waals surface area (Å²) in [6.45, 7) is 7.31. The lowest BCUT2D eigenvalue weighted by molar-refractivity contribution is 0.0947. The van der Waals surface area contributed by atoms with E-state index in [0.29, 0.717) is 29.1 Å². The summed E-state index contributed by atoms with van der Waals surface area (Å²) in [5.41, 5.74) is 0.528. The second kappa shape index (κ2) is 6.92. The van der Waals surface area contributed by atoms with E-state index in [-0.39, 0.29) is 5.91 Å². The molecule has 1 unspecified atom stereocenters. The molecular formula is C15H20BrClN2O. The second-order valence-electron chi connectivity index (χ2n) is 5.58. The van der Waals surface area contributed by atoms with Crippen molar-refractivity contribution in [1.82, 2.24) is 10.2 Å². The quantitative estimate of drug-likeness (QED) is 0.891. The van der Waals surface area contributed by atoms with Crippen molar-refractivity contribution in [2.75, 3.05) is 19.6 Å². The average molecular weight is 360 g/mol. The largest absolute Gasteiger partial charge is 0.352 e. The third kappa shape index (κ3) is 3.96. The van der Waals surface area contributed by atoms with E-state index >= 15 is 0 Å². The molecule has 110 valence electrons. The molecule has 1 amide bonds. The van der Waals surface area contributed by atoms with Gasteiger partial charge in [0.05, 0.1) is 10.6 Å². The van der Waals surface area contributed by atoms with Crippen LogP contribution < -0.4 is 5.32 Å². The number of amides is 1. The lowest BCUT2D eigenvalue weighted by atomic mass is 10.1. The highest BCUT2D eigenvalue weighted by molar-refractivity contribution is 9.10. The van der Waals surface area contributed by atoms with Gasteiger partial charge in [0.1, 0.15) is 0 Å². The first-order chi connectivity index (χ1) is 9.47. The van der Waals surface area contributed by atoms with Gasteiger partial charge in [0.15, 0.2) is 0 Å². The highest BCUT2D eigenvalue weighted by Gasteiger charge is 2.24. The number of carbonyl (C=O) groups is 1. The van der Waals surface area contributed by atoms with E-state index in [9.17, 15) is 4.79 Å². The molecule has 1 atom stereocenters. The predicted octanol–water partition coefficient (Wildman–Crippen LogP) is 3.56. The summed E-state index contributed by atoms with van der Waals surface area (Å²) in [5, 5.41) is 3.48. The Hall–Kier alpha value is -0.580. The maximum atomic E-state index is 12.2. The third-order valence-corrected chi connectivity index (χ3v) is 4.59. The lowest BCUT2D eigenvalue weighted by Gasteiger charge is -2.20. The van der Waals surface area contributed by atoms with Crippen LogP contribution in [0.1, 0.15) is 30.6 Å². The number of hydrogen-bond donors (Lipinski definition) is 1. The van der Waals surface area contributed by atoms with Gasteiger partial charge in [0, 0.05) is 23.6 Å². The molecule has 5 heteroatoms. The molecule has 0 radical (unpaired) electrons. The van der Waals surface area contributed by atoms with E-state index < -0.39 is 0 Å². The van der Waals surface area contributed by atoms with Crippen LogP contribution in [0.2, 0.25) is 5.02 Å². The average Bonchev–Trinajstić information content (AvgIpc) is 2.88.